The number of nitro groups is 1. The van der Waals surface area contributed by atoms with Crippen molar-refractivity contribution in [1.82, 2.24) is 9.97 Å². The third kappa shape index (κ3) is 4.86. The van der Waals surface area contributed by atoms with Crippen molar-refractivity contribution < 1.29 is 9.72 Å². The van der Waals surface area contributed by atoms with Gasteiger partial charge in [0.15, 0.2) is 5.16 Å². The van der Waals surface area contributed by atoms with E-state index in [-0.39, 0.29) is 17.3 Å². The zero-order valence-corrected chi connectivity index (χ0v) is 17.4. The molecular formula is C20H23N5O3S. The number of fused-ring (bicyclic) bond motifs is 1. The Kier molecular flexibility index (Phi) is 6.38. The quantitative estimate of drug-likeness (QED) is 0.323. The number of carbonyl (C=O) groups excluding carboxylic acids is 1. The molecule has 3 rings (SSSR count). The number of aromatic amines is 1. The number of thioether (sulfide) groups is 1. The number of hydrogen-bond acceptors (Lipinski definition) is 6. The number of carbonyl (C=O) groups is 1. The molecule has 2 N–H and O–H groups in total. The number of rotatable bonds is 8. The minimum absolute atomic E-state index is 0.000952. The Balaban J connectivity index is 1.62. The lowest BCUT2D eigenvalue weighted by Gasteiger charge is -2.23. The number of imidazole rings is 1. The molecule has 3 aromatic rings. The summed E-state index contributed by atoms with van der Waals surface area (Å²) in [6.45, 7) is 8.13. The van der Waals surface area contributed by atoms with Gasteiger partial charge in [0.05, 0.1) is 21.7 Å². The van der Waals surface area contributed by atoms with Gasteiger partial charge in [-0.1, -0.05) is 11.8 Å². The summed E-state index contributed by atoms with van der Waals surface area (Å²) in [4.78, 5) is 32.4. The number of amides is 1. The lowest BCUT2D eigenvalue weighted by molar-refractivity contribution is -0.384. The van der Waals surface area contributed by atoms with Gasteiger partial charge < -0.3 is 15.2 Å². The fraction of sp³-hybridized carbons (Fsp3) is 0.300. The summed E-state index contributed by atoms with van der Waals surface area (Å²) in [6, 6.07) is 10.3. The molecule has 0 unspecified atom stereocenters. The number of nitrogens with one attached hydrogen (secondary N) is 2. The minimum atomic E-state index is -0.450. The highest BCUT2D eigenvalue weighted by Gasteiger charge is 2.12. The smallest absolute Gasteiger partial charge is 0.271 e. The number of benzene rings is 2. The number of hydrogen-bond donors (Lipinski definition) is 2. The van der Waals surface area contributed by atoms with Crippen molar-refractivity contribution in [3.63, 3.8) is 0 Å². The van der Waals surface area contributed by atoms with E-state index in [0.717, 1.165) is 24.3 Å². The molecule has 8 nitrogen and oxygen atoms in total. The molecule has 29 heavy (non-hydrogen) atoms. The van der Waals surface area contributed by atoms with Crippen LogP contribution in [0.25, 0.3) is 11.0 Å². The Morgan fingerprint density at radius 2 is 2.00 bits per heavy atom. The van der Waals surface area contributed by atoms with Gasteiger partial charge in [0.2, 0.25) is 5.91 Å². The molecule has 2 aromatic carbocycles. The molecule has 9 heteroatoms. The lowest BCUT2D eigenvalue weighted by Crippen LogP contribution is -2.22. The fourth-order valence-electron chi connectivity index (χ4n) is 3.14. The van der Waals surface area contributed by atoms with Crippen LogP contribution in [0, 0.1) is 17.0 Å². The average Bonchev–Trinajstić information content (AvgIpc) is 3.11. The molecule has 0 aliphatic rings. The molecule has 0 aliphatic carbocycles. The SMILES string of the molecule is CCN(CC)c1ccc(NC(=O)CSc2nc3ccc([N+](=O)[O-])cc3[nH]2)cc1C. The van der Waals surface area contributed by atoms with E-state index < -0.39 is 4.92 Å². The molecule has 152 valence electrons. The van der Waals surface area contributed by atoms with Crippen molar-refractivity contribution in [3.8, 4) is 0 Å². The number of anilines is 2. The summed E-state index contributed by atoms with van der Waals surface area (Å²) in [7, 11) is 0. The molecule has 0 radical (unpaired) electrons. The third-order valence-electron chi connectivity index (χ3n) is 4.58. The predicted octanol–water partition coefficient (Wildman–Crippen LogP) is 4.36. The normalized spacial score (nSPS) is 10.9. The van der Waals surface area contributed by atoms with Crippen molar-refractivity contribution in [1.29, 1.82) is 0 Å². The minimum Gasteiger partial charge on any atom is -0.372 e. The van der Waals surface area contributed by atoms with E-state index in [9.17, 15) is 14.9 Å². The van der Waals surface area contributed by atoms with Gasteiger partial charge in [-0.3, -0.25) is 14.9 Å². The number of aromatic nitrogens is 2. The molecule has 0 saturated heterocycles. The average molecular weight is 414 g/mol. The summed E-state index contributed by atoms with van der Waals surface area (Å²) in [6.07, 6.45) is 0. The molecule has 0 atom stereocenters. The van der Waals surface area contributed by atoms with Gasteiger partial charge in [-0.05, 0) is 50.6 Å². The molecule has 1 amide bonds. The zero-order chi connectivity index (χ0) is 21.0. The van der Waals surface area contributed by atoms with Crippen LogP contribution in [0.5, 0.6) is 0 Å². The van der Waals surface area contributed by atoms with Gasteiger partial charge in [0.1, 0.15) is 0 Å². The highest BCUT2D eigenvalue weighted by Crippen LogP contribution is 2.25. The van der Waals surface area contributed by atoms with Crippen LogP contribution in [0.4, 0.5) is 17.1 Å². The van der Waals surface area contributed by atoms with Crippen molar-refractivity contribution in [2.45, 2.75) is 25.9 Å². The molecule has 0 spiro atoms. The van der Waals surface area contributed by atoms with E-state index in [2.05, 4.69) is 34.0 Å². The van der Waals surface area contributed by atoms with Crippen LogP contribution < -0.4 is 10.2 Å². The summed E-state index contributed by atoms with van der Waals surface area (Å²) in [5.74, 6) is 0.0371. The predicted molar refractivity (Wildman–Crippen MR) is 117 cm³/mol. The van der Waals surface area contributed by atoms with Crippen LogP contribution in [0.1, 0.15) is 19.4 Å². The first-order chi connectivity index (χ1) is 13.9. The molecule has 1 aromatic heterocycles. The largest absolute Gasteiger partial charge is 0.372 e. The van der Waals surface area contributed by atoms with Crippen molar-refractivity contribution in [2.75, 3.05) is 29.1 Å². The van der Waals surface area contributed by atoms with Crippen LogP contribution in [0.3, 0.4) is 0 Å². The maximum Gasteiger partial charge on any atom is 0.271 e. The fourth-order valence-corrected chi connectivity index (χ4v) is 3.82. The van der Waals surface area contributed by atoms with Crippen LogP contribution in [0.2, 0.25) is 0 Å². The zero-order valence-electron chi connectivity index (χ0n) is 16.6. The van der Waals surface area contributed by atoms with E-state index in [0.29, 0.717) is 16.2 Å². The Bertz CT molecular complexity index is 1050. The van der Waals surface area contributed by atoms with Crippen LogP contribution in [-0.4, -0.2) is 39.6 Å². The van der Waals surface area contributed by atoms with E-state index in [1.807, 2.05) is 25.1 Å². The maximum atomic E-state index is 12.3. The number of nitro benzene ring substituents is 1. The monoisotopic (exact) mass is 413 g/mol. The van der Waals surface area contributed by atoms with E-state index in [1.54, 1.807) is 6.07 Å². The van der Waals surface area contributed by atoms with Gasteiger partial charge in [0, 0.05) is 36.6 Å². The lowest BCUT2D eigenvalue weighted by atomic mass is 10.1. The van der Waals surface area contributed by atoms with Crippen LogP contribution >= 0.6 is 11.8 Å². The molecule has 0 aliphatic heterocycles. The van der Waals surface area contributed by atoms with Crippen molar-refractivity contribution in [3.05, 3.63) is 52.1 Å². The number of nitrogens with zero attached hydrogens (tertiary/aromatic N) is 3. The highest BCUT2D eigenvalue weighted by atomic mass is 32.2. The topological polar surface area (TPSA) is 104 Å². The number of aryl methyl sites for hydroxylation is 1. The van der Waals surface area contributed by atoms with Gasteiger partial charge in [-0.2, -0.15) is 0 Å². The Labute approximate surface area is 172 Å². The molecule has 0 fully saturated rings. The van der Waals surface area contributed by atoms with Crippen molar-refractivity contribution >= 4 is 45.8 Å². The Hall–Kier alpha value is -3.07. The highest BCUT2D eigenvalue weighted by molar-refractivity contribution is 7.99. The Morgan fingerprint density at radius 1 is 1.24 bits per heavy atom. The number of non-ortho nitro benzene ring substituents is 1. The first kappa shape index (κ1) is 20.7. The van der Waals surface area contributed by atoms with Crippen LogP contribution in [-0.2, 0) is 4.79 Å². The maximum absolute atomic E-state index is 12.3. The first-order valence-corrected chi connectivity index (χ1v) is 10.3. The number of H-pyrrole nitrogens is 1. The Morgan fingerprint density at radius 3 is 2.66 bits per heavy atom. The van der Waals surface area contributed by atoms with E-state index in [1.165, 1.54) is 29.6 Å². The van der Waals surface area contributed by atoms with Gasteiger partial charge >= 0.3 is 0 Å². The molecule has 0 bridgehead atoms. The summed E-state index contributed by atoms with van der Waals surface area (Å²) in [5.41, 5.74) is 4.23. The van der Waals surface area contributed by atoms with Gasteiger partial charge in [-0.25, -0.2) is 4.98 Å². The third-order valence-corrected chi connectivity index (χ3v) is 5.45. The standard InChI is InChI=1S/C20H23N5O3S/c1-4-24(5-2)18-9-6-14(10-13(18)3)21-19(26)12-29-20-22-16-8-7-15(25(27)28)11-17(16)23-20/h6-11H,4-5,12H2,1-3H3,(H,21,26)(H,22,23). The van der Waals surface area contributed by atoms with Gasteiger partial charge in [0.25, 0.3) is 5.69 Å². The van der Waals surface area contributed by atoms with Crippen molar-refractivity contribution in [2.24, 2.45) is 0 Å². The second-order valence-electron chi connectivity index (χ2n) is 6.51. The molecular weight excluding hydrogens is 390 g/mol. The second kappa shape index (κ2) is 8.95. The van der Waals surface area contributed by atoms with Crippen LogP contribution in [0.15, 0.2) is 41.6 Å². The van der Waals surface area contributed by atoms with E-state index in [4.69, 9.17) is 0 Å². The first-order valence-electron chi connectivity index (χ1n) is 9.33. The summed E-state index contributed by atoms with van der Waals surface area (Å²) in [5, 5.41) is 14.3. The van der Waals surface area contributed by atoms with E-state index >= 15 is 0 Å². The molecule has 1 heterocycles. The van der Waals surface area contributed by atoms with Gasteiger partial charge in [-0.15, -0.1) is 0 Å². The second-order valence-corrected chi connectivity index (χ2v) is 7.47. The summed E-state index contributed by atoms with van der Waals surface area (Å²) < 4.78 is 0. The summed E-state index contributed by atoms with van der Waals surface area (Å²) >= 11 is 1.25. The molecule has 0 saturated carbocycles.